The Morgan fingerprint density at radius 3 is 1.94 bits per heavy atom. The zero-order valence-corrected chi connectivity index (χ0v) is 20.1. The molecule has 10 nitrogen and oxygen atoms in total. The molecule has 0 heterocycles. The molecule has 35 heavy (non-hydrogen) atoms. The van der Waals surface area contributed by atoms with Gasteiger partial charge in [-0.1, -0.05) is 42.5 Å². The number of nitrogens with two attached hydrogens (primary N) is 1. The molecule has 0 aliphatic rings. The van der Waals surface area contributed by atoms with Crippen LogP contribution in [0.5, 0.6) is 5.75 Å². The maximum atomic E-state index is 13.1. The van der Waals surface area contributed by atoms with Crippen LogP contribution in [0.4, 0.5) is 0 Å². The number of hydrogen-bond donors (Lipinski definition) is 7. The van der Waals surface area contributed by atoms with Crippen LogP contribution < -0.4 is 21.7 Å². The molecule has 0 aliphatic heterocycles. The van der Waals surface area contributed by atoms with E-state index in [1.54, 1.807) is 42.5 Å². The first-order valence-corrected chi connectivity index (χ1v) is 11.6. The third-order valence-corrected chi connectivity index (χ3v) is 5.59. The molecule has 4 unspecified atom stereocenters. The average molecular weight is 503 g/mol. The van der Waals surface area contributed by atoms with Crippen molar-refractivity contribution in [3.05, 3.63) is 65.7 Å². The summed E-state index contributed by atoms with van der Waals surface area (Å²) in [5.41, 5.74) is 6.95. The van der Waals surface area contributed by atoms with Gasteiger partial charge in [-0.3, -0.25) is 14.4 Å². The van der Waals surface area contributed by atoms with Crippen molar-refractivity contribution < 1.29 is 29.4 Å². The lowest BCUT2D eigenvalue weighted by Crippen LogP contribution is -2.57. The maximum Gasteiger partial charge on any atom is 0.326 e. The van der Waals surface area contributed by atoms with Gasteiger partial charge in [-0.2, -0.15) is 12.6 Å². The molecule has 0 bridgehead atoms. The topological polar surface area (TPSA) is 171 Å². The van der Waals surface area contributed by atoms with Crippen LogP contribution in [0, 0.1) is 0 Å². The lowest BCUT2D eigenvalue weighted by atomic mass is 10.0. The van der Waals surface area contributed by atoms with Crippen molar-refractivity contribution in [2.45, 2.75) is 43.9 Å². The largest absolute Gasteiger partial charge is 0.508 e. The Hall–Kier alpha value is -3.57. The first-order valence-electron chi connectivity index (χ1n) is 10.9. The number of hydrogen-bond acceptors (Lipinski definition) is 7. The van der Waals surface area contributed by atoms with E-state index in [-0.39, 0.29) is 24.3 Å². The number of carbonyl (C=O) groups excluding carboxylic acids is 3. The van der Waals surface area contributed by atoms with Crippen LogP contribution in [-0.2, 0) is 32.0 Å². The van der Waals surface area contributed by atoms with Crippen LogP contribution >= 0.6 is 12.6 Å². The van der Waals surface area contributed by atoms with Crippen LogP contribution in [0.1, 0.15) is 18.1 Å². The SMILES string of the molecule is CC(NC(=O)C(N)CS)C(=O)NC(Cc1ccc(O)cc1)C(=O)NC(Cc1ccccc1)C(=O)O. The molecule has 2 aromatic carbocycles. The molecule has 3 amide bonds. The number of amides is 3. The van der Waals surface area contributed by atoms with Gasteiger partial charge in [0.05, 0.1) is 6.04 Å². The van der Waals surface area contributed by atoms with Gasteiger partial charge in [-0.05, 0) is 30.2 Å². The standard InChI is InChI=1S/C24H30N4O6S/c1-14(26-22(31)18(25)13-35)21(30)27-19(11-16-7-9-17(29)10-8-16)23(32)28-20(24(33)34)12-15-5-3-2-4-6-15/h2-10,14,18-20,29,35H,11-13,25H2,1H3,(H,26,31)(H,27,30)(H,28,32)(H,33,34). The summed E-state index contributed by atoms with van der Waals surface area (Å²) in [5.74, 6) is -3.04. The summed E-state index contributed by atoms with van der Waals surface area (Å²) in [6.45, 7) is 1.43. The van der Waals surface area contributed by atoms with Crippen LogP contribution in [0.15, 0.2) is 54.6 Å². The Labute approximate surface area is 208 Å². The molecule has 0 fully saturated rings. The van der Waals surface area contributed by atoms with E-state index in [2.05, 4.69) is 28.6 Å². The fraction of sp³-hybridized carbons (Fsp3) is 0.333. The van der Waals surface area contributed by atoms with Crippen molar-refractivity contribution >= 4 is 36.3 Å². The smallest absolute Gasteiger partial charge is 0.326 e. The molecule has 2 aromatic rings. The predicted molar refractivity (Wildman–Crippen MR) is 133 cm³/mol. The Morgan fingerprint density at radius 2 is 1.37 bits per heavy atom. The number of nitrogens with one attached hydrogen (secondary N) is 3. The number of carbonyl (C=O) groups is 4. The number of aromatic hydroxyl groups is 1. The van der Waals surface area contributed by atoms with Crippen LogP contribution in [0.2, 0.25) is 0 Å². The molecule has 11 heteroatoms. The van der Waals surface area contributed by atoms with E-state index in [9.17, 15) is 29.4 Å². The van der Waals surface area contributed by atoms with Crippen LogP contribution in [-0.4, -0.2) is 63.8 Å². The molecular formula is C24H30N4O6S. The van der Waals surface area contributed by atoms with Gasteiger partial charge >= 0.3 is 5.97 Å². The Balaban J connectivity index is 2.17. The number of aliphatic carboxylic acids is 1. The molecule has 0 radical (unpaired) electrons. The molecule has 0 aromatic heterocycles. The second-order valence-corrected chi connectivity index (χ2v) is 8.41. The predicted octanol–water partition coefficient (Wildman–Crippen LogP) is -0.00660. The van der Waals surface area contributed by atoms with Gasteiger partial charge in [0.25, 0.3) is 0 Å². The second kappa shape index (κ2) is 13.4. The summed E-state index contributed by atoms with van der Waals surface area (Å²) < 4.78 is 0. The third kappa shape index (κ3) is 8.95. The summed E-state index contributed by atoms with van der Waals surface area (Å²) in [6, 6.07) is 10.6. The Kier molecular flexibility index (Phi) is 10.6. The number of carboxylic acid groups (broad SMARTS) is 1. The monoisotopic (exact) mass is 502 g/mol. The second-order valence-electron chi connectivity index (χ2n) is 8.04. The average Bonchev–Trinajstić information content (AvgIpc) is 2.84. The van der Waals surface area contributed by atoms with Crippen molar-refractivity contribution in [1.82, 2.24) is 16.0 Å². The molecule has 0 spiro atoms. The fourth-order valence-corrected chi connectivity index (χ4v) is 3.33. The van der Waals surface area contributed by atoms with Crippen molar-refractivity contribution in [1.29, 1.82) is 0 Å². The zero-order chi connectivity index (χ0) is 26.0. The van der Waals surface area contributed by atoms with Gasteiger partial charge in [0.15, 0.2) is 0 Å². The van der Waals surface area contributed by atoms with Crippen molar-refractivity contribution in [2.24, 2.45) is 5.73 Å². The van der Waals surface area contributed by atoms with Crippen LogP contribution in [0.25, 0.3) is 0 Å². The van der Waals surface area contributed by atoms with Crippen LogP contribution in [0.3, 0.4) is 0 Å². The lowest BCUT2D eigenvalue weighted by molar-refractivity contribution is -0.142. The minimum absolute atomic E-state index is 0.0202. The van der Waals surface area contributed by atoms with E-state index in [0.717, 1.165) is 5.56 Å². The van der Waals surface area contributed by atoms with Gasteiger partial charge in [0.1, 0.15) is 23.9 Å². The number of carboxylic acids is 1. The first kappa shape index (κ1) is 27.7. The minimum atomic E-state index is -1.23. The van der Waals surface area contributed by atoms with Gasteiger partial charge in [-0.25, -0.2) is 4.79 Å². The van der Waals surface area contributed by atoms with E-state index in [0.29, 0.717) is 5.56 Å². The highest BCUT2D eigenvalue weighted by molar-refractivity contribution is 7.80. The quantitative estimate of drug-likeness (QED) is 0.200. The lowest BCUT2D eigenvalue weighted by Gasteiger charge is -2.24. The van der Waals surface area contributed by atoms with Crippen molar-refractivity contribution in [3.63, 3.8) is 0 Å². The molecular weight excluding hydrogens is 472 g/mol. The highest BCUT2D eigenvalue weighted by Gasteiger charge is 2.29. The molecule has 4 atom stereocenters. The van der Waals surface area contributed by atoms with E-state index in [1.807, 2.05) is 0 Å². The first-order chi connectivity index (χ1) is 16.6. The van der Waals surface area contributed by atoms with Crippen molar-refractivity contribution in [2.75, 3.05) is 5.75 Å². The molecule has 0 aliphatic carbocycles. The molecule has 0 saturated carbocycles. The summed E-state index contributed by atoms with van der Waals surface area (Å²) in [7, 11) is 0. The highest BCUT2D eigenvalue weighted by atomic mass is 32.1. The number of phenolic OH excluding ortho intramolecular Hbond substituents is 1. The number of rotatable bonds is 12. The Morgan fingerprint density at radius 1 is 0.829 bits per heavy atom. The summed E-state index contributed by atoms with van der Waals surface area (Å²) >= 11 is 3.95. The Bertz CT molecular complexity index is 1020. The fourth-order valence-electron chi connectivity index (χ4n) is 3.16. The van der Waals surface area contributed by atoms with E-state index >= 15 is 0 Å². The normalized spacial score (nSPS) is 14.1. The summed E-state index contributed by atoms with van der Waals surface area (Å²) in [4.78, 5) is 49.6. The van der Waals surface area contributed by atoms with Crippen molar-refractivity contribution in [3.8, 4) is 5.75 Å². The number of benzene rings is 2. The molecule has 188 valence electrons. The third-order valence-electron chi connectivity index (χ3n) is 5.19. The van der Waals surface area contributed by atoms with Gasteiger partial charge in [0, 0.05) is 18.6 Å². The molecule has 2 rings (SSSR count). The van der Waals surface area contributed by atoms with Gasteiger partial charge in [0.2, 0.25) is 17.7 Å². The highest BCUT2D eigenvalue weighted by Crippen LogP contribution is 2.12. The van der Waals surface area contributed by atoms with Gasteiger partial charge in [-0.15, -0.1) is 0 Å². The van der Waals surface area contributed by atoms with E-state index in [1.165, 1.54) is 19.1 Å². The summed E-state index contributed by atoms with van der Waals surface area (Å²) in [5, 5.41) is 26.7. The van der Waals surface area contributed by atoms with E-state index < -0.39 is 47.9 Å². The maximum absolute atomic E-state index is 13.1. The number of thiol groups is 1. The summed E-state index contributed by atoms with van der Waals surface area (Å²) in [6.07, 6.45) is 0.0716. The van der Waals surface area contributed by atoms with Gasteiger partial charge < -0.3 is 31.9 Å². The molecule has 7 N–H and O–H groups in total. The van der Waals surface area contributed by atoms with E-state index in [4.69, 9.17) is 5.73 Å². The number of phenols is 1. The minimum Gasteiger partial charge on any atom is -0.508 e. The zero-order valence-electron chi connectivity index (χ0n) is 19.2. The molecule has 0 saturated heterocycles.